The summed E-state index contributed by atoms with van der Waals surface area (Å²) in [7, 11) is 0. The van der Waals surface area contributed by atoms with E-state index in [2.05, 4.69) is 5.32 Å². The van der Waals surface area contributed by atoms with Gasteiger partial charge in [0.05, 0.1) is 6.54 Å². The number of nitrogens with one attached hydrogen (secondary N) is 1. The Bertz CT molecular complexity index is 208. The fourth-order valence-electron chi connectivity index (χ4n) is 0.492. The minimum atomic E-state index is -0.555. The van der Waals surface area contributed by atoms with Gasteiger partial charge in [-0.2, -0.15) is 0 Å². The number of carbonyl (C=O) groups excluding carboxylic acids is 2. The van der Waals surface area contributed by atoms with Crippen molar-refractivity contribution in [2.45, 2.75) is 26.4 Å². The van der Waals surface area contributed by atoms with E-state index in [9.17, 15) is 9.59 Å². The van der Waals surface area contributed by atoms with Crippen LogP contribution in [0.5, 0.6) is 0 Å². The molecule has 4 nitrogen and oxygen atoms in total. The van der Waals surface area contributed by atoms with Crippen LogP contribution in [0.4, 0.5) is 4.79 Å². The quantitative estimate of drug-likeness (QED) is 0.416. The second-order valence-corrected chi connectivity index (χ2v) is 5.45. The molecule has 0 heterocycles. The van der Waals surface area contributed by atoms with E-state index >= 15 is 0 Å². The van der Waals surface area contributed by atoms with Gasteiger partial charge in [-0.05, 0) is 20.8 Å². The molecule has 0 spiro atoms. The van der Waals surface area contributed by atoms with Crippen molar-refractivity contribution in [2.75, 3.05) is 6.54 Å². The number of hydrogen-bond donors (Lipinski definition) is 1. The summed E-state index contributed by atoms with van der Waals surface area (Å²) in [4.78, 5) is 21.8. The smallest absolute Gasteiger partial charge is 0.444 e. The Hall–Kier alpha value is 1.74. The first-order chi connectivity index (χ1) is 5.85. The van der Waals surface area contributed by atoms with Crippen LogP contribution in [-0.2, 0) is 9.53 Å². The second-order valence-electron chi connectivity index (χ2n) is 3.33. The number of rotatable bonds is 3. The summed E-state index contributed by atoms with van der Waals surface area (Å²) < 4.78 is 4.92. The fourth-order valence-corrected chi connectivity index (χ4v) is 1.14. The Kier molecular flexibility index (Phi) is 11.4. The number of halogens is 1. The summed E-state index contributed by atoms with van der Waals surface area (Å²) in [6, 6.07) is 0. The predicted octanol–water partition coefficient (Wildman–Crippen LogP) is -0.662. The van der Waals surface area contributed by atoms with Crippen LogP contribution in [0.1, 0.15) is 20.8 Å². The fraction of sp³-hybridized carbons (Fsp3) is 0.714. The van der Waals surface area contributed by atoms with Crippen molar-refractivity contribution in [1.82, 2.24) is 5.32 Å². The zero-order valence-electron chi connectivity index (χ0n) is 8.76. The zero-order chi connectivity index (χ0) is 10.5. The molecule has 0 radical (unpaired) electrons. The number of hydrogen-bond acceptors (Lipinski definition) is 3. The molecule has 0 aromatic heterocycles. The molecule has 0 rings (SSSR count). The van der Waals surface area contributed by atoms with Crippen LogP contribution in [0.3, 0.4) is 0 Å². The van der Waals surface area contributed by atoms with E-state index in [0.717, 1.165) is 0 Å². The van der Waals surface area contributed by atoms with Crippen molar-refractivity contribution >= 4 is 39.9 Å². The molecule has 0 aliphatic rings. The van der Waals surface area contributed by atoms with Gasteiger partial charge >= 0.3 is 57.5 Å². The third-order valence-corrected chi connectivity index (χ3v) is 2.84. The summed E-state index contributed by atoms with van der Waals surface area (Å²) in [5.74, 6) is 0. The Balaban J connectivity index is 0. The Morgan fingerprint density at radius 2 is 1.93 bits per heavy atom. The Morgan fingerprint density at radius 1 is 1.43 bits per heavy atom. The molecule has 0 fully saturated rings. The molecule has 0 aromatic rings. The van der Waals surface area contributed by atoms with Crippen LogP contribution in [0.2, 0.25) is 0 Å². The van der Waals surface area contributed by atoms with Crippen LogP contribution in [-0.4, -0.2) is 23.8 Å². The first-order valence-electron chi connectivity index (χ1n) is 3.67. The van der Waals surface area contributed by atoms with E-state index in [-0.39, 0.29) is 63.5 Å². The van der Waals surface area contributed by atoms with E-state index < -0.39 is 11.7 Å². The summed E-state index contributed by atoms with van der Waals surface area (Å²) in [6.07, 6.45) is 0.0581. The van der Waals surface area contributed by atoms with E-state index in [1.54, 1.807) is 20.8 Å². The molecule has 0 saturated carbocycles. The predicted molar refractivity (Wildman–Crippen MR) is 60.2 cm³/mol. The molecule has 0 bridgehead atoms. The Labute approximate surface area is 141 Å². The van der Waals surface area contributed by atoms with Gasteiger partial charge in [0.1, 0.15) is 5.60 Å². The van der Waals surface area contributed by atoms with Crippen molar-refractivity contribution < 1.29 is 65.7 Å². The molecule has 14 heavy (non-hydrogen) atoms. The maximum absolute atomic E-state index is 11.0. The monoisotopic (exact) mass is 355 g/mol. The van der Waals surface area contributed by atoms with Gasteiger partial charge in [-0.25, -0.2) is 4.79 Å². The third kappa shape index (κ3) is 11.8. The van der Waals surface area contributed by atoms with Crippen molar-refractivity contribution in [3.63, 3.8) is 0 Å². The molecule has 0 atom stereocenters. The van der Waals surface area contributed by atoms with Crippen molar-refractivity contribution in [3.05, 3.63) is 0 Å². The van der Waals surface area contributed by atoms with Crippen LogP contribution < -0.4 is 56.7 Å². The maximum Gasteiger partial charge on any atom is 1.00 e. The molecular formula is C7H12IKNO3P. The van der Waals surface area contributed by atoms with Gasteiger partial charge < -0.3 is 43.1 Å². The SMILES string of the molecule is CC(C)(C)OC(=O)NCC(=O)[P-]I.[K+]. The summed E-state index contributed by atoms with van der Waals surface area (Å²) >= 11 is 1.92. The van der Waals surface area contributed by atoms with E-state index in [1.165, 1.54) is 0 Å². The standard InChI is InChI=1S/C7H12INO3P.K/c1-7(2,3)12-6(11)9-4-5(10)13-8;/h4H2,1-3H3,(H,9,11);/q-1;+1. The normalized spacial score (nSPS) is 10.9. The minimum absolute atomic E-state index is 0. The van der Waals surface area contributed by atoms with Crippen molar-refractivity contribution in [2.24, 2.45) is 0 Å². The molecule has 0 aliphatic heterocycles. The van der Waals surface area contributed by atoms with Gasteiger partial charge in [0.2, 0.25) is 0 Å². The number of amides is 1. The molecule has 1 amide bonds. The molecule has 76 valence electrons. The van der Waals surface area contributed by atoms with E-state index in [0.29, 0.717) is 6.22 Å². The average Bonchev–Trinajstić information content (AvgIpc) is 1.97. The van der Waals surface area contributed by atoms with Crippen LogP contribution in [0.25, 0.3) is 0 Å². The van der Waals surface area contributed by atoms with E-state index in [1.807, 2.05) is 22.0 Å². The topological polar surface area (TPSA) is 55.4 Å². The van der Waals surface area contributed by atoms with Gasteiger partial charge in [0.15, 0.2) is 0 Å². The zero-order valence-corrected chi connectivity index (χ0v) is 14.9. The van der Waals surface area contributed by atoms with Gasteiger partial charge in [-0.15, -0.1) is 0 Å². The molecule has 0 unspecified atom stereocenters. The first-order valence-corrected chi connectivity index (χ1v) is 7.35. The van der Waals surface area contributed by atoms with Crippen LogP contribution in [0, 0.1) is 0 Å². The largest absolute Gasteiger partial charge is 1.00 e. The molecular weight excluding hydrogens is 343 g/mol. The maximum atomic E-state index is 11.0. The van der Waals surface area contributed by atoms with E-state index in [4.69, 9.17) is 4.74 Å². The average molecular weight is 355 g/mol. The summed E-state index contributed by atoms with van der Waals surface area (Å²) in [5, 5.41) is 2.37. The minimum Gasteiger partial charge on any atom is -0.444 e. The molecule has 0 aromatic carbocycles. The number of carbonyl (C=O) groups is 2. The number of alkyl carbamates (subject to hydrolysis) is 1. The van der Waals surface area contributed by atoms with Gasteiger partial charge in [-0.1, -0.05) is 0 Å². The molecule has 1 N–H and O–H groups in total. The van der Waals surface area contributed by atoms with Gasteiger partial charge in [0, 0.05) is 5.52 Å². The summed E-state index contributed by atoms with van der Waals surface area (Å²) in [6.45, 7) is 5.33. The molecule has 0 saturated heterocycles. The molecule has 0 aliphatic carbocycles. The third-order valence-electron chi connectivity index (χ3n) is 0.877. The summed E-state index contributed by atoms with van der Waals surface area (Å²) in [5.41, 5.74) is -0.568. The van der Waals surface area contributed by atoms with Crippen LogP contribution in [0.15, 0.2) is 0 Å². The van der Waals surface area contributed by atoms with Crippen LogP contribution >= 0.6 is 28.3 Å². The Morgan fingerprint density at radius 3 is 2.29 bits per heavy atom. The van der Waals surface area contributed by atoms with Crippen molar-refractivity contribution in [1.29, 1.82) is 0 Å². The van der Waals surface area contributed by atoms with Gasteiger partial charge in [-0.3, -0.25) is 0 Å². The molecule has 7 heteroatoms. The first kappa shape index (κ1) is 18.1. The second kappa shape index (κ2) is 8.84. The van der Waals surface area contributed by atoms with Crippen molar-refractivity contribution in [3.8, 4) is 0 Å². The number of ether oxygens (including phenoxy) is 1. The van der Waals surface area contributed by atoms with Gasteiger partial charge in [0.25, 0.3) is 0 Å².